The second kappa shape index (κ2) is 8.40. The van der Waals surface area contributed by atoms with Crippen molar-refractivity contribution in [3.63, 3.8) is 0 Å². The maximum atomic E-state index is 12.8. The Labute approximate surface area is 164 Å². The van der Waals surface area contributed by atoms with E-state index in [0.717, 1.165) is 29.7 Å². The fourth-order valence-corrected chi connectivity index (χ4v) is 4.99. The standard InChI is InChI=1S/C19H25N3O5S/c1-14-5-6-15(28(26,27)21-10-3-2-4-11-21)13-16(14)20-17(23)9-12-22-18(24)7-8-19(22)25/h5-6,13H,2-4,7-12H2,1H3,(H,20,23). The average molecular weight is 407 g/mol. The van der Waals surface area contributed by atoms with E-state index in [-0.39, 0.29) is 48.4 Å². The highest BCUT2D eigenvalue weighted by Gasteiger charge is 2.29. The van der Waals surface area contributed by atoms with Crippen LogP contribution in [0, 0.1) is 6.92 Å². The van der Waals surface area contributed by atoms with Crippen LogP contribution in [0.4, 0.5) is 5.69 Å². The zero-order valence-electron chi connectivity index (χ0n) is 15.9. The first-order valence-electron chi connectivity index (χ1n) is 9.53. The first-order valence-corrected chi connectivity index (χ1v) is 11.0. The molecule has 152 valence electrons. The molecule has 0 atom stereocenters. The lowest BCUT2D eigenvalue weighted by molar-refractivity contribution is -0.138. The number of aryl methyl sites for hydroxylation is 1. The zero-order chi connectivity index (χ0) is 20.3. The molecule has 9 heteroatoms. The van der Waals surface area contributed by atoms with Crippen LogP contribution in [0.1, 0.15) is 44.1 Å². The van der Waals surface area contributed by atoms with Gasteiger partial charge in [-0.15, -0.1) is 0 Å². The SMILES string of the molecule is Cc1ccc(S(=O)(=O)N2CCCCC2)cc1NC(=O)CCN1C(=O)CCC1=O. The fraction of sp³-hybridized carbons (Fsp3) is 0.526. The van der Waals surface area contributed by atoms with Gasteiger partial charge < -0.3 is 5.32 Å². The minimum atomic E-state index is -3.59. The van der Waals surface area contributed by atoms with Crippen molar-refractivity contribution in [3.05, 3.63) is 23.8 Å². The second-order valence-electron chi connectivity index (χ2n) is 7.18. The van der Waals surface area contributed by atoms with Crippen molar-refractivity contribution < 1.29 is 22.8 Å². The lowest BCUT2D eigenvalue weighted by Gasteiger charge is -2.26. The van der Waals surface area contributed by atoms with Crippen molar-refractivity contribution in [2.45, 2.75) is 50.3 Å². The molecule has 0 bridgehead atoms. The highest BCUT2D eigenvalue weighted by atomic mass is 32.2. The van der Waals surface area contributed by atoms with E-state index in [1.54, 1.807) is 19.1 Å². The third-order valence-corrected chi connectivity index (χ3v) is 7.05. The number of benzene rings is 1. The number of carbonyl (C=O) groups excluding carboxylic acids is 3. The Balaban J connectivity index is 1.68. The van der Waals surface area contributed by atoms with Gasteiger partial charge in [-0.25, -0.2) is 8.42 Å². The van der Waals surface area contributed by atoms with Gasteiger partial charge in [0.25, 0.3) is 0 Å². The fourth-order valence-electron chi connectivity index (χ4n) is 3.45. The lowest BCUT2D eigenvalue weighted by atomic mass is 10.2. The number of anilines is 1. The largest absolute Gasteiger partial charge is 0.326 e. The molecule has 0 radical (unpaired) electrons. The summed E-state index contributed by atoms with van der Waals surface area (Å²) >= 11 is 0. The number of hydrogen-bond donors (Lipinski definition) is 1. The summed E-state index contributed by atoms with van der Waals surface area (Å²) in [7, 11) is -3.59. The van der Waals surface area contributed by atoms with Gasteiger partial charge in [0.2, 0.25) is 27.7 Å². The predicted octanol–water partition coefficient (Wildman–Crippen LogP) is 1.65. The van der Waals surface area contributed by atoms with Crippen LogP contribution >= 0.6 is 0 Å². The van der Waals surface area contributed by atoms with Crippen LogP contribution in [-0.2, 0) is 24.4 Å². The Morgan fingerprint density at radius 3 is 2.36 bits per heavy atom. The van der Waals surface area contributed by atoms with E-state index < -0.39 is 10.0 Å². The molecule has 0 spiro atoms. The van der Waals surface area contributed by atoms with Crippen LogP contribution < -0.4 is 5.32 Å². The van der Waals surface area contributed by atoms with Crippen molar-refractivity contribution in [1.29, 1.82) is 0 Å². The van der Waals surface area contributed by atoms with Crippen molar-refractivity contribution in [3.8, 4) is 0 Å². The summed E-state index contributed by atoms with van der Waals surface area (Å²) in [5, 5.41) is 2.71. The topological polar surface area (TPSA) is 104 Å². The zero-order valence-corrected chi connectivity index (χ0v) is 16.8. The second-order valence-corrected chi connectivity index (χ2v) is 9.12. The van der Waals surface area contributed by atoms with E-state index in [0.29, 0.717) is 18.8 Å². The van der Waals surface area contributed by atoms with Crippen LogP contribution in [0.2, 0.25) is 0 Å². The lowest BCUT2D eigenvalue weighted by Crippen LogP contribution is -2.35. The van der Waals surface area contributed by atoms with E-state index in [9.17, 15) is 22.8 Å². The molecule has 3 amide bonds. The monoisotopic (exact) mass is 407 g/mol. The number of hydrogen-bond acceptors (Lipinski definition) is 5. The minimum absolute atomic E-state index is 0.0278. The molecule has 1 aromatic carbocycles. The molecule has 0 aromatic heterocycles. The molecule has 0 aliphatic carbocycles. The molecular weight excluding hydrogens is 382 g/mol. The van der Waals surface area contributed by atoms with Crippen LogP contribution in [0.5, 0.6) is 0 Å². The summed E-state index contributed by atoms with van der Waals surface area (Å²) in [5.74, 6) is -0.893. The quantitative estimate of drug-likeness (QED) is 0.722. The number of nitrogens with zero attached hydrogens (tertiary/aromatic N) is 2. The number of sulfonamides is 1. The van der Waals surface area contributed by atoms with Crippen molar-refractivity contribution in [2.75, 3.05) is 25.0 Å². The molecule has 2 saturated heterocycles. The Morgan fingerprint density at radius 2 is 1.71 bits per heavy atom. The van der Waals surface area contributed by atoms with E-state index in [2.05, 4.69) is 5.32 Å². The summed E-state index contributed by atoms with van der Waals surface area (Å²) in [5.41, 5.74) is 1.15. The Kier molecular flexibility index (Phi) is 6.14. The molecule has 8 nitrogen and oxygen atoms in total. The van der Waals surface area contributed by atoms with Crippen molar-refractivity contribution in [1.82, 2.24) is 9.21 Å². The molecular formula is C19H25N3O5S. The average Bonchev–Trinajstić information content (AvgIpc) is 3.00. The first-order chi connectivity index (χ1) is 13.3. The van der Waals surface area contributed by atoms with Gasteiger partial charge in [0.1, 0.15) is 0 Å². The van der Waals surface area contributed by atoms with Gasteiger partial charge in [0.05, 0.1) is 4.90 Å². The number of imide groups is 1. The number of amides is 3. The number of nitrogens with one attached hydrogen (secondary N) is 1. The van der Waals surface area contributed by atoms with Crippen LogP contribution in [-0.4, -0.2) is 55.0 Å². The maximum Gasteiger partial charge on any atom is 0.243 e. The number of likely N-dealkylation sites (tertiary alicyclic amines) is 1. The minimum Gasteiger partial charge on any atom is -0.326 e. The number of carbonyl (C=O) groups is 3. The Hall–Kier alpha value is -2.26. The Morgan fingerprint density at radius 1 is 1.07 bits per heavy atom. The maximum absolute atomic E-state index is 12.8. The highest BCUT2D eigenvalue weighted by Crippen LogP contribution is 2.25. The molecule has 3 rings (SSSR count). The smallest absolute Gasteiger partial charge is 0.243 e. The summed E-state index contributed by atoms with van der Waals surface area (Å²) in [4.78, 5) is 36.8. The van der Waals surface area contributed by atoms with E-state index in [1.165, 1.54) is 10.4 Å². The van der Waals surface area contributed by atoms with Gasteiger partial charge in [-0.05, 0) is 37.5 Å². The normalized spacial score (nSPS) is 18.5. The van der Waals surface area contributed by atoms with Gasteiger partial charge in [-0.1, -0.05) is 12.5 Å². The van der Waals surface area contributed by atoms with Gasteiger partial charge in [-0.2, -0.15) is 4.31 Å². The van der Waals surface area contributed by atoms with Gasteiger partial charge in [0, 0.05) is 44.6 Å². The van der Waals surface area contributed by atoms with E-state index in [4.69, 9.17) is 0 Å². The number of rotatable bonds is 6. The van der Waals surface area contributed by atoms with Gasteiger partial charge in [0.15, 0.2) is 0 Å². The van der Waals surface area contributed by atoms with Crippen LogP contribution in [0.15, 0.2) is 23.1 Å². The molecule has 2 aliphatic rings. The molecule has 28 heavy (non-hydrogen) atoms. The van der Waals surface area contributed by atoms with Crippen molar-refractivity contribution >= 4 is 33.4 Å². The first kappa shape index (κ1) is 20.5. The molecule has 1 N–H and O–H groups in total. The summed E-state index contributed by atoms with van der Waals surface area (Å²) < 4.78 is 27.2. The van der Waals surface area contributed by atoms with E-state index >= 15 is 0 Å². The van der Waals surface area contributed by atoms with Crippen LogP contribution in [0.3, 0.4) is 0 Å². The molecule has 2 aliphatic heterocycles. The molecule has 0 saturated carbocycles. The molecule has 2 fully saturated rings. The molecule has 2 heterocycles. The summed E-state index contributed by atoms with van der Waals surface area (Å²) in [6.45, 7) is 2.83. The summed E-state index contributed by atoms with van der Waals surface area (Å²) in [6, 6.07) is 4.69. The third-order valence-electron chi connectivity index (χ3n) is 5.15. The van der Waals surface area contributed by atoms with Crippen molar-refractivity contribution in [2.24, 2.45) is 0 Å². The number of piperidine rings is 1. The van der Waals surface area contributed by atoms with E-state index in [1.807, 2.05) is 0 Å². The molecule has 1 aromatic rings. The Bertz CT molecular complexity index is 875. The predicted molar refractivity (Wildman–Crippen MR) is 103 cm³/mol. The molecule has 0 unspecified atom stereocenters. The third kappa shape index (κ3) is 4.41. The highest BCUT2D eigenvalue weighted by molar-refractivity contribution is 7.89. The van der Waals surface area contributed by atoms with Gasteiger partial charge >= 0.3 is 0 Å². The van der Waals surface area contributed by atoms with Crippen LogP contribution in [0.25, 0.3) is 0 Å². The van der Waals surface area contributed by atoms with Gasteiger partial charge in [-0.3, -0.25) is 19.3 Å². The summed E-state index contributed by atoms with van der Waals surface area (Å²) in [6.07, 6.45) is 3.08.